The van der Waals surface area contributed by atoms with Crippen LogP contribution in [0.4, 0.5) is 0 Å². The number of ether oxygens (including phenoxy) is 1. The van der Waals surface area contributed by atoms with Gasteiger partial charge in [0.1, 0.15) is 64.7 Å². The number of hydrogen-bond donors (Lipinski definition) is 8. The molecule has 11 nitrogen and oxygen atoms in total. The summed E-state index contributed by atoms with van der Waals surface area (Å²) in [5.41, 5.74) is -0.536. The van der Waals surface area contributed by atoms with Crippen LogP contribution in [0.25, 0.3) is 22.3 Å². The van der Waals surface area contributed by atoms with Gasteiger partial charge in [-0.1, -0.05) is 19.1 Å². The summed E-state index contributed by atoms with van der Waals surface area (Å²) in [5.74, 6) is -2.00. The van der Waals surface area contributed by atoms with Gasteiger partial charge in [-0.2, -0.15) is 0 Å². The number of aromatic hydroxyl groups is 4. The molecule has 210 valence electrons. The standard InChI is InChI=1S/C29H28O11/c1-12(13-2-6-15(31)7-3-13)20-24(35)21-17(33)10-18(14-4-8-16(32)9-5-14)39-28(21)22(25(20)36)29-27(38)26(37)23(34)19(11-30)40-29/h2-10,12,19,23,26-27,29-32,34-38H,11H2,1H3/t12?,19?,23-,26+,27?,29+/m1/s1. The van der Waals surface area contributed by atoms with Crippen LogP contribution in [0, 0.1) is 0 Å². The predicted octanol–water partition coefficient (Wildman–Crippen LogP) is 1.95. The lowest BCUT2D eigenvalue weighted by molar-refractivity contribution is -0.231. The molecule has 1 aliphatic heterocycles. The maximum Gasteiger partial charge on any atom is 0.197 e. The van der Waals surface area contributed by atoms with Crippen LogP contribution in [-0.4, -0.2) is 71.9 Å². The van der Waals surface area contributed by atoms with Crippen molar-refractivity contribution in [3.63, 3.8) is 0 Å². The van der Waals surface area contributed by atoms with Crippen LogP contribution in [-0.2, 0) is 4.74 Å². The lowest BCUT2D eigenvalue weighted by atomic mass is 9.84. The number of benzene rings is 3. The van der Waals surface area contributed by atoms with E-state index in [4.69, 9.17) is 9.15 Å². The number of aliphatic hydroxyl groups is 4. The topological polar surface area (TPSA) is 201 Å². The lowest BCUT2D eigenvalue weighted by Gasteiger charge is -2.40. The van der Waals surface area contributed by atoms with Crippen molar-refractivity contribution >= 4 is 11.0 Å². The van der Waals surface area contributed by atoms with E-state index in [1.807, 2.05) is 0 Å². The van der Waals surface area contributed by atoms with Crippen molar-refractivity contribution in [2.24, 2.45) is 0 Å². The minimum absolute atomic E-state index is 0.00136. The van der Waals surface area contributed by atoms with Gasteiger partial charge >= 0.3 is 0 Å². The van der Waals surface area contributed by atoms with Crippen molar-refractivity contribution in [2.75, 3.05) is 6.61 Å². The summed E-state index contributed by atoms with van der Waals surface area (Å²) in [6.45, 7) is 0.897. The van der Waals surface area contributed by atoms with Crippen LogP contribution in [0.2, 0.25) is 0 Å². The minimum atomic E-state index is -1.84. The predicted molar refractivity (Wildman–Crippen MR) is 141 cm³/mol. The zero-order chi connectivity index (χ0) is 28.9. The Bertz CT molecular complexity index is 1590. The zero-order valence-electron chi connectivity index (χ0n) is 21.2. The largest absolute Gasteiger partial charge is 0.508 e. The van der Waals surface area contributed by atoms with Gasteiger partial charge in [0.05, 0.1) is 12.2 Å². The second-order valence-corrected chi connectivity index (χ2v) is 9.81. The molecule has 1 aliphatic rings. The van der Waals surface area contributed by atoms with Crippen LogP contribution < -0.4 is 5.43 Å². The van der Waals surface area contributed by atoms with E-state index in [9.17, 15) is 45.6 Å². The molecule has 11 heteroatoms. The Balaban J connectivity index is 1.82. The van der Waals surface area contributed by atoms with Crippen LogP contribution >= 0.6 is 0 Å². The molecule has 0 aliphatic carbocycles. The summed E-state index contributed by atoms with van der Waals surface area (Å²) in [6.07, 6.45) is -8.27. The van der Waals surface area contributed by atoms with Crippen molar-refractivity contribution in [3.05, 3.63) is 81.5 Å². The second kappa shape index (κ2) is 10.5. The molecule has 40 heavy (non-hydrogen) atoms. The summed E-state index contributed by atoms with van der Waals surface area (Å²) < 4.78 is 11.7. The van der Waals surface area contributed by atoms with Crippen LogP contribution in [0.1, 0.15) is 35.6 Å². The summed E-state index contributed by atoms with van der Waals surface area (Å²) in [4.78, 5) is 13.5. The molecule has 3 unspecified atom stereocenters. The van der Waals surface area contributed by atoms with Crippen LogP contribution in [0.15, 0.2) is 63.8 Å². The van der Waals surface area contributed by atoms with E-state index < -0.39 is 60.0 Å². The summed E-state index contributed by atoms with van der Waals surface area (Å²) in [6, 6.07) is 12.8. The van der Waals surface area contributed by atoms with Crippen LogP contribution in [0.3, 0.4) is 0 Å². The highest BCUT2D eigenvalue weighted by atomic mass is 16.5. The maximum absolute atomic E-state index is 13.5. The molecule has 2 heterocycles. The van der Waals surface area contributed by atoms with Gasteiger partial charge < -0.3 is 50.0 Å². The third-order valence-electron chi connectivity index (χ3n) is 7.35. The third-order valence-corrected chi connectivity index (χ3v) is 7.35. The molecule has 4 aromatic rings. The average molecular weight is 553 g/mol. The molecular weight excluding hydrogens is 524 g/mol. The number of fused-ring (bicyclic) bond motifs is 1. The van der Waals surface area contributed by atoms with E-state index in [0.717, 1.165) is 6.07 Å². The highest BCUT2D eigenvalue weighted by Crippen LogP contribution is 2.49. The molecule has 1 aromatic heterocycles. The van der Waals surface area contributed by atoms with Crippen molar-refractivity contribution in [1.82, 2.24) is 0 Å². The fourth-order valence-corrected chi connectivity index (χ4v) is 5.12. The highest BCUT2D eigenvalue weighted by Gasteiger charge is 2.46. The molecule has 0 spiro atoms. The molecule has 1 fully saturated rings. The van der Waals surface area contributed by atoms with Gasteiger partial charge in [0, 0.05) is 23.1 Å². The van der Waals surface area contributed by atoms with E-state index in [-0.39, 0.29) is 39.4 Å². The van der Waals surface area contributed by atoms with Gasteiger partial charge in [0.2, 0.25) is 0 Å². The molecule has 6 atom stereocenters. The van der Waals surface area contributed by atoms with Gasteiger partial charge in [-0.25, -0.2) is 0 Å². The number of rotatable bonds is 5. The van der Waals surface area contributed by atoms with E-state index in [2.05, 4.69) is 0 Å². The fraction of sp³-hybridized carbons (Fsp3) is 0.276. The smallest absolute Gasteiger partial charge is 0.197 e. The molecule has 0 bridgehead atoms. The quantitative estimate of drug-likeness (QED) is 0.180. The highest BCUT2D eigenvalue weighted by molar-refractivity contribution is 5.92. The van der Waals surface area contributed by atoms with Crippen molar-refractivity contribution in [3.8, 4) is 34.3 Å². The molecule has 5 rings (SSSR count). The summed E-state index contributed by atoms with van der Waals surface area (Å²) in [5, 5.41) is 83.4. The molecule has 3 aromatic carbocycles. The van der Waals surface area contributed by atoms with Crippen molar-refractivity contribution in [2.45, 2.75) is 43.4 Å². The van der Waals surface area contributed by atoms with E-state index >= 15 is 0 Å². The first-order valence-electron chi connectivity index (χ1n) is 12.5. The van der Waals surface area contributed by atoms with E-state index in [0.29, 0.717) is 11.1 Å². The third kappa shape index (κ3) is 4.53. The Labute approximate surface area is 227 Å². The Kier molecular flexibility index (Phi) is 7.17. The number of hydrogen-bond acceptors (Lipinski definition) is 11. The van der Waals surface area contributed by atoms with E-state index in [1.165, 1.54) is 36.4 Å². The number of aliphatic hydroxyl groups excluding tert-OH is 4. The number of phenols is 4. The minimum Gasteiger partial charge on any atom is -0.508 e. The van der Waals surface area contributed by atoms with Crippen molar-refractivity contribution in [1.29, 1.82) is 0 Å². The maximum atomic E-state index is 13.5. The first kappa shape index (κ1) is 27.4. The Hall–Kier alpha value is -4.13. The Morgan fingerprint density at radius 2 is 1.43 bits per heavy atom. The Morgan fingerprint density at radius 3 is 2.02 bits per heavy atom. The SMILES string of the molecule is CC(c1ccc(O)cc1)c1c(O)c([C@@H]2OC(CO)[C@@H](O)[C@H](O)C2O)c2oc(-c3ccc(O)cc3)cc(=O)c2c1O. The van der Waals surface area contributed by atoms with Gasteiger partial charge in [0.15, 0.2) is 11.0 Å². The summed E-state index contributed by atoms with van der Waals surface area (Å²) >= 11 is 0. The first-order valence-corrected chi connectivity index (χ1v) is 12.5. The lowest BCUT2D eigenvalue weighted by Crippen LogP contribution is -2.55. The van der Waals surface area contributed by atoms with Crippen LogP contribution in [0.5, 0.6) is 23.0 Å². The fourth-order valence-electron chi connectivity index (χ4n) is 5.12. The number of phenolic OH excluding ortho intramolecular Hbond substituents is 4. The van der Waals surface area contributed by atoms with Gasteiger partial charge in [-0.15, -0.1) is 0 Å². The molecular formula is C29H28O11. The second-order valence-electron chi connectivity index (χ2n) is 9.81. The van der Waals surface area contributed by atoms with Gasteiger partial charge in [-0.3, -0.25) is 4.79 Å². The monoisotopic (exact) mass is 552 g/mol. The molecule has 0 amide bonds. The molecule has 0 saturated carbocycles. The molecule has 1 saturated heterocycles. The zero-order valence-corrected chi connectivity index (χ0v) is 21.2. The van der Waals surface area contributed by atoms with E-state index in [1.54, 1.807) is 19.1 Å². The average Bonchev–Trinajstić information content (AvgIpc) is 2.93. The molecule has 0 radical (unpaired) electrons. The van der Waals surface area contributed by atoms with Gasteiger partial charge in [-0.05, 0) is 42.0 Å². The normalized spacial score (nSPS) is 23.8. The van der Waals surface area contributed by atoms with Crippen molar-refractivity contribution < 1.29 is 50.0 Å². The van der Waals surface area contributed by atoms with Gasteiger partial charge in [0.25, 0.3) is 0 Å². The molecule has 8 N–H and O–H groups in total. The summed E-state index contributed by atoms with van der Waals surface area (Å²) in [7, 11) is 0. The Morgan fingerprint density at radius 1 is 0.825 bits per heavy atom. The first-order chi connectivity index (χ1) is 19.0.